The van der Waals surface area contributed by atoms with Crippen LogP contribution in [0.15, 0.2) is 12.1 Å². The molecule has 7 nitrogen and oxygen atoms in total. The maximum atomic E-state index is 10.7. The average Bonchev–Trinajstić information content (AvgIpc) is 2.29. The van der Waals surface area contributed by atoms with E-state index in [0.29, 0.717) is 12.4 Å². The molecule has 0 saturated carbocycles. The normalized spacial score (nSPS) is 9.88. The monoisotopic (exact) mass is 225 g/mol. The predicted octanol–water partition coefficient (Wildman–Crippen LogP) is 1.49. The van der Waals surface area contributed by atoms with E-state index in [1.165, 1.54) is 12.1 Å². The summed E-state index contributed by atoms with van der Waals surface area (Å²) in [5.41, 5.74) is 2.30. The molecule has 0 radical (unpaired) electrons. The first-order valence-electron chi connectivity index (χ1n) is 5.05. The molecule has 88 valence electrons. The molecule has 0 saturated heterocycles. The molecule has 0 spiro atoms. The summed E-state index contributed by atoms with van der Waals surface area (Å²) < 4.78 is 0. The lowest BCUT2D eigenvalue weighted by molar-refractivity contribution is -0.384. The Morgan fingerprint density at radius 1 is 1.56 bits per heavy atom. The van der Waals surface area contributed by atoms with Crippen LogP contribution in [0.5, 0.6) is 0 Å². The first-order chi connectivity index (χ1) is 7.69. The number of nitrogens with zero attached hydrogens (tertiary/aromatic N) is 2. The lowest BCUT2D eigenvalue weighted by atomic mass is 10.3. The Morgan fingerprint density at radius 2 is 2.31 bits per heavy atom. The molecule has 4 N–H and O–H groups in total. The summed E-state index contributed by atoms with van der Waals surface area (Å²) in [6.45, 7) is 2.69. The number of nitrogens with two attached hydrogens (primary N) is 1. The Kier molecular flexibility index (Phi) is 4.46. The topological polar surface area (TPSA) is 106 Å². The van der Waals surface area contributed by atoms with Crippen LogP contribution in [0.3, 0.4) is 0 Å². The third-order valence-electron chi connectivity index (χ3n) is 2.04. The van der Waals surface area contributed by atoms with Gasteiger partial charge in [-0.3, -0.25) is 10.1 Å². The van der Waals surface area contributed by atoms with Gasteiger partial charge in [0.1, 0.15) is 5.82 Å². The van der Waals surface area contributed by atoms with Crippen LogP contribution in [0.25, 0.3) is 0 Å². The Morgan fingerprint density at radius 3 is 2.88 bits per heavy atom. The molecule has 1 aromatic heterocycles. The Hall–Kier alpha value is -1.89. The van der Waals surface area contributed by atoms with Gasteiger partial charge >= 0.3 is 5.69 Å². The van der Waals surface area contributed by atoms with Crippen molar-refractivity contribution in [2.24, 2.45) is 5.84 Å². The number of aromatic nitrogens is 1. The van der Waals surface area contributed by atoms with Gasteiger partial charge in [-0.25, -0.2) is 10.8 Å². The van der Waals surface area contributed by atoms with Gasteiger partial charge in [0.05, 0.1) is 4.92 Å². The maximum Gasteiger partial charge on any atom is 0.311 e. The van der Waals surface area contributed by atoms with Crippen LogP contribution in [-0.4, -0.2) is 16.5 Å². The van der Waals surface area contributed by atoms with E-state index in [1.807, 2.05) is 6.92 Å². The highest BCUT2D eigenvalue weighted by Gasteiger charge is 2.15. The summed E-state index contributed by atoms with van der Waals surface area (Å²) in [4.78, 5) is 14.3. The van der Waals surface area contributed by atoms with Gasteiger partial charge < -0.3 is 10.7 Å². The molecule has 0 bridgehead atoms. The smallest absolute Gasteiger partial charge is 0.311 e. The van der Waals surface area contributed by atoms with E-state index in [2.05, 4.69) is 15.7 Å². The quantitative estimate of drug-likeness (QED) is 0.293. The second-order valence-corrected chi connectivity index (χ2v) is 3.25. The van der Waals surface area contributed by atoms with Gasteiger partial charge in [0.25, 0.3) is 0 Å². The summed E-state index contributed by atoms with van der Waals surface area (Å²) in [7, 11) is 0. The lowest BCUT2D eigenvalue weighted by Crippen LogP contribution is -2.11. The number of nitrogen functional groups attached to an aromatic ring is 1. The van der Waals surface area contributed by atoms with Crippen molar-refractivity contribution in [2.75, 3.05) is 17.3 Å². The predicted molar refractivity (Wildman–Crippen MR) is 62.1 cm³/mol. The molecule has 0 amide bonds. The number of hydrogen-bond acceptors (Lipinski definition) is 6. The number of rotatable bonds is 6. The molecule has 0 aliphatic heterocycles. The zero-order valence-electron chi connectivity index (χ0n) is 9.06. The van der Waals surface area contributed by atoms with Crippen molar-refractivity contribution in [3.05, 3.63) is 22.2 Å². The van der Waals surface area contributed by atoms with E-state index in [-0.39, 0.29) is 11.5 Å². The Bertz CT molecular complexity index is 369. The molecular weight excluding hydrogens is 210 g/mol. The summed E-state index contributed by atoms with van der Waals surface area (Å²) >= 11 is 0. The van der Waals surface area contributed by atoms with E-state index in [4.69, 9.17) is 5.84 Å². The number of nitrogens with one attached hydrogen (secondary N) is 2. The van der Waals surface area contributed by atoms with Crippen molar-refractivity contribution < 1.29 is 4.92 Å². The summed E-state index contributed by atoms with van der Waals surface area (Å²) in [6.07, 6.45) is 1.94. The van der Waals surface area contributed by atoms with Gasteiger partial charge in [0, 0.05) is 12.6 Å². The molecule has 0 aromatic carbocycles. The van der Waals surface area contributed by atoms with E-state index in [1.54, 1.807) is 0 Å². The van der Waals surface area contributed by atoms with Gasteiger partial charge in [-0.2, -0.15) is 0 Å². The highest BCUT2D eigenvalue weighted by molar-refractivity contribution is 5.59. The van der Waals surface area contributed by atoms with Crippen molar-refractivity contribution in [2.45, 2.75) is 19.8 Å². The number of nitro groups is 1. The standard InChI is InChI=1S/C9H15N5O2/c1-2-3-6-11-9-7(14(15)16)4-5-8(12-9)13-10/h4-5H,2-3,6,10H2,1H3,(H2,11,12,13). The third kappa shape index (κ3) is 3.06. The average molecular weight is 225 g/mol. The van der Waals surface area contributed by atoms with Crippen molar-refractivity contribution >= 4 is 17.3 Å². The van der Waals surface area contributed by atoms with Crippen molar-refractivity contribution in [1.82, 2.24) is 4.98 Å². The van der Waals surface area contributed by atoms with Crippen LogP contribution < -0.4 is 16.6 Å². The zero-order valence-corrected chi connectivity index (χ0v) is 9.06. The van der Waals surface area contributed by atoms with Gasteiger partial charge in [-0.15, -0.1) is 0 Å². The molecule has 0 aliphatic rings. The van der Waals surface area contributed by atoms with Crippen LogP contribution in [0.2, 0.25) is 0 Å². The minimum atomic E-state index is -0.471. The number of hydrazine groups is 1. The fourth-order valence-corrected chi connectivity index (χ4v) is 1.19. The summed E-state index contributed by atoms with van der Waals surface area (Å²) in [6, 6.07) is 2.83. The number of anilines is 2. The molecule has 1 aromatic rings. The van der Waals surface area contributed by atoms with Crippen molar-refractivity contribution in [3.8, 4) is 0 Å². The zero-order chi connectivity index (χ0) is 12.0. The van der Waals surface area contributed by atoms with Crippen LogP contribution in [0.4, 0.5) is 17.3 Å². The second kappa shape index (κ2) is 5.86. The largest absolute Gasteiger partial charge is 0.364 e. The number of pyridine rings is 1. The SMILES string of the molecule is CCCCNc1nc(NN)ccc1[N+](=O)[O-]. The highest BCUT2D eigenvalue weighted by Crippen LogP contribution is 2.23. The van der Waals surface area contributed by atoms with Gasteiger partial charge in [0.15, 0.2) is 0 Å². The first kappa shape index (κ1) is 12.2. The van der Waals surface area contributed by atoms with Gasteiger partial charge in [0.2, 0.25) is 5.82 Å². The molecular formula is C9H15N5O2. The van der Waals surface area contributed by atoms with Crippen LogP contribution in [0, 0.1) is 10.1 Å². The molecule has 0 unspecified atom stereocenters. The van der Waals surface area contributed by atoms with E-state index < -0.39 is 4.92 Å². The molecule has 0 aliphatic carbocycles. The van der Waals surface area contributed by atoms with Crippen molar-refractivity contribution in [3.63, 3.8) is 0 Å². The fraction of sp³-hybridized carbons (Fsp3) is 0.444. The summed E-state index contributed by atoms with van der Waals surface area (Å²) in [5, 5.41) is 13.6. The van der Waals surface area contributed by atoms with Gasteiger partial charge in [-0.05, 0) is 12.5 Å². The minimum Gasteiger partial charge on any atom is -0.364 e. The fourth-order valence-electron chi connectivity index (χ4n) is 1.19. The summed E-state index contributed by atoms with van der Waals surface area (Å²) in [5.74, 6) is 5.83. The molecule has 1 heterocycles. The van der Waals surface area contributed by atoms with Crippen molar-refractivity contribution in [1.29, 1.82) is 0 Å². The highest BCUT2D eigenvalue weighted by atomic mass is 16.6. The van der Waals surface area contributed by atoms with E-state index in [0.717, 1.165) is 12.8 Å². The maximum absolute atomic E-state index is 10.7. The first-order valence-corrected chi connectivity index (χ1v) is 5.05. The van der Waals surface area contributed by atoms with E-state index in [9.17, 15) is 10.1 Å². The Labute approximate surface area is 93.2 Å². The van der Waals surface area contributed by atoms with Crippen LogP contribution in [0.1, 0.15) is 19.8 Å². The minimum absolute atomic E-state index is 0.0462. The van der Waals surface area contributed by atoms with Gasteiger partial charge in [-0.1, -0.05) is 13.3 Å². The molecule has 0 fully saturated rings. The molecule has 1 rings (SSSR count). The lowest BCUT2D eigenvalue weighted by Gasteiger charge is -2.07. The molecule has 16 heavy (non-hydrogen) atoms. The van der Waals surface area contributed by atoms with Crippen LogP contribution in [-0.2, 0) is 0 Å². The molecule has 0 atom stereocenters. The van der Waals surface area contributed by atoms with Crippen LogP contribution >= 0.6 is 0 Å². The third-order valence-corrected chi connectivity index (χ3v) is 2.04. The Balaban J connectivity index is 2.87. The number of hydrogen-bond donors (Lipinski definition) is 3. The second-order valence-electron chi connectivity index (χ2n) is 3.25. The van der Waals surface area contributed by atoms with E-state index >= 15 is 0 Å². The number of unbranched alkanes of at least 4 members (excludes halogenated alkanes) is 1. The molecule has 7 heteroatoms.